The average molecular weight is 497 g/mol. The maximum absolute atomic E-state index is 13.3. The van der Waals surface area contributed by atoms with Crippen molar-refractivity contribution < 1.29 is 9.59 Å². The maximum atomic E-state index is 13.3. The van der Waals surface area contributed by atoms with E-state index in [4.69, 9.17) is 0 Å². The van der Waals surface area contributed by atoms with E-state index in [1.54, 1.807) is 54.6 Å². The molecule has 0 fully saturated rings. The summed E-state index contributed by atoms with van der Waals surface area (Å²) < 4.78 is 0. The number of aromatic amines is 1. The highest BCUT2D eigenvalue weighted by Crippen LogP contribution is 2.20. The van der Waals surface area contributed by atoms with Crippen LogP contribution in [0.5, 0.6) is 0 Å². The van der Waals surface area contributed by atoms with Gasteiger partial charge in [-0.25, -0.2) is 10.5 Å². The normalized spacial score (nSPS) is 11.8. The molecule has 0 aliphatic rings. The van der Waals surface area contributed by atoms with Gasteiger partial charge < -0.3 is 10.2 Å². The number of hydrogen-bond acceptors (Lipinski definition) is 6. The van der Waals surface area contributed by atoms with E-state index >= 15 is 0 Å². The van der Waals surface area contributed by atoms with Crippen molar-refractivity contribution in [1.82, 2.24) is 20.9 Å². The fourth-order valence-electron chi connectivity index (χ4n) is 4.01. The fraction of sp³-hybridized carbons (Fsp3) is 0.179. The van der Waals surface area contributed by atoms with Crippen LogP contribution in [0, 0.1) is 0 Å². The van der Waals surface area contributed by atoms with E-state index in [0.29, 0.717) is 16.3 Å². The van der Waals surface area contributed by atoms with Crippen LogP contribution in [-0.2, 0) is 4.79 Å². The minimum absolute atomic E-state index is 0.204. The number of nitrogens with zero attached hydrogens (tertiary/aromatic N) is 3. The average Bonchev–Trinajstić information content (AvgIpc) is 2.94. The van der Waals surface area contributed by atoms with E-state index in [2.05, 4.69) is 44.8 Å². The molecule has 188 valence electrons. The van der Waals surface area contributed by atoms with Gasteiger partial charge in [0.1, 0.15) is 5.69 Å². The number of H-pyrrole nitrogens is 1. The second-order valence-electron chi connectivity index (χ2n) is 8.25. The van der Waals surface area contributed by atoms with E-state index in [-0.39, 0.29) is 11.3 Å². The molecule has 0 saturated carbocycles. The number of hydrogen-bond donors (Lipinski definition) is 3. The minimum Gasteiger partial charge on any atom is -0.372 e. The number of fused-ring (bicyclic) bond motifs is 1. The molecule has 0 radical (unpaired) electrons. The van der Waals surface area contributed by atoms with Gasteiger partial charge in [0.25, 0.3) is 17.4 Å². The van der Waals surface area contributed by atoms with Crippen LogP contribution in [0.3, 0.4) is 0 Å². The van der Waals surface area contributed by atoms with Crippen LogP contribution < -0.4 is 21.2 Å². The minimum atomic E-state index is -1.21. The van der Waals surface area contributed by atoms with Gasteiger partial charge in [-0.3, -0.25) is 14.4 Å². The molecular weight excluding hydrogens is 468 g/mol. The smallest absolute Gasteiger partial charge is 0.272 e. The summed E-state index contributed by atoms with van der Waals surface area (Å²) in [7, 11) is 0. The molecule has 0 unspecified atom stereocenters. The lowest BCUT2D eigenvalue weighted by Crippen LogP contribution is -2.40. The highest BCUT2D eigenvalue weighted by molar-refractivity contribution is 5.99. The Kier molecular flexibility index (Phi) is 8.05. The van der Waals surface area contributed by atoms with Crippen LogP contribution in [0.15, 0.2) is 88.8 Å². The van der Waals surface area contributed by atoms with Crippen molar-refractivity contribution in [3.63, 3.8) is 0 Å². The van der Waals surface area contributed by atoms with E-state index in [0.717, 1.165) is 24.3 Å². The van der Waals surface area contributed by atoms with Gasteiger partial charge in [-0.05, 0) is 49.7 Å². The molecule has 0 saturated heterocycles. The number of hydrazone groups is 1. The Balaban J connectivity index is 1.59. The molecule has 37 heavy (non-hydrogen) atoms. The topological polar surface area (TPSA) is 120 Å². The summed E-state index contributed by atoms with van der Waals surface area (Å²) in [6, 6.07) is 21.9. The summed E-state index contributed by atoms with van der Waals surface area (Å²) in [6.07, 6.45) is 1.53. The number of rotatable bonds is 9. The summed E-state index contributed by atoms with van der Waals surface area (Å²) in [5.41, 5.74) is 4.60. The first-order valence-corrected chi connectivity index (χ1v) is 12.0. The molecule has 0 aliphatic heterocycles. The van der Waals surface area contributed by atoms with Crippen LogP contribution in [0.2, 0.25) is 0 Å². The Morgan fingerprint density at radius 3 is 2.27 bits per heavy atom. The molecule has 9 nitrogen and oxygen atoms in total. The van der Waals surface area contributed by atoms with Crippen LogP contribution in [0.25, 0.3) is 10.8 Å². The molecule has 0 bridgehead atoms. The molecule has 3 aromatic carbocycles. The van der Waals surface area contributed by atoms with Gasteiger partial charge >= 0.3 is 0 Å². The van der Waals surface area contributed by atoms with Crippen molar-refractivity contribution in [2.45, 2.75) is 19.9 Å². The Morgan fingerprint density at radius 1 is 0.946 bits per heavy atom. The van der Waals surface area contributed by atoms with Crippen molar-refractivity contribution in [2.24, 2.45) is 5.10 Å². The van der Waals surface area contributed by atoms with Gasteiger partial charge in [0.15, 0.2) is 6.04 Å². The number of carbonyl (C=O) groups excluding carboxylic acids is 2. The number of amides is 2. The zero-order chi connectivity index (χ0) is 26.2. The summed E-state index contributed by atoms with van der Waals surface area (Å²) in [5.74, 6) is -1.07. The Labute approximate surface area is 214 Å². The molecule has 3 N–H and O–H groups in total. The lowest BCUT2D eigenvalue weighted by Gasteiger charge is -2.20. The third-order valence-electron chi connectivity index (χ3n) is 5.98. The third kappa shape index (κ3) is 5.90. The SMILES string of the molecule is CCN(CC)c1ccc(/C=N\NC(=O)[C@H](NC(=O)c2ccccc2)c2n[nH]c(=O)c3ccccc23)cc1. The molecule has 1 heterocycles. The maximum Gasteiger partial charge on any atom is 0.272 e. The largest absolute Gasteiger partial charge is 0.372 e. The molecule has 1 aromatic heterocycles. The Morgan fingerprint density at radius 2 is 1.59 bits per heavy atom. The Bertz CT molecular complexity index is 1460. The second-order valence-corrected chi connectivity index (χ2v) is 8.25. The quantitative estimate of drug-likeness (QED) is 0.242. The van der Waals surface area contributed by atoms with E-state index in [1.807, 2.05) is 24.3 Å². The molecule has 0 aliphatic carbocycles. The van der Waals surface area contributed by atoms with Crippen LogP contribution in [-0.4, -0.2) is 41.3 Å². The molecule has 9 heteroatoms. The van der Waals surface area contributed by atoms with Crippen LogP contribution in [0.1, 0.15) is 41.5 Å². The van der Waals surface area contributed by atoms with Crippen molar-refractivity contribution >= 4 is 34.5 Å². The van der Waals surface area contributed by atoms with Crippen LogP contribution in [0.4, 0.5) is 5.69 Å². The number of aromatic nitrogens is 2. The monoisotopic (exact) mass is 496 g/mol. The van der Waals surface area contributed by atoms with Gasteiger partial charge in [0.05, 0.1) is 11.6 Å². The number of benzene rings is 3. The molecule has 0 spiro atoms. The van der Waals surface area contributed by atoms with E-state index < -0.39 is 17.9 Å². The lowest BCUT2D eigenvalue weighted by atomic mass is 10.0. The predicted octanol–water partition coefficient (Wildman–Crippen LogP) is 3.39. The molecule has 4 aromatic rings. The van der Waals surface area contributed by atoms with E-state index in [9.17, 15) is 14.4 Å². The molecule has 1 atom stereocenters. The summed E-state index contributed by atoms with van der Waals surface area (Å²) >= 11 is 0. The van der Waals surface area contributed by atoms with Crippen LogP contribution >= 0.6 is 0 Å². The molecule has 4 rings (SSSR count). The Hall–Kier alpha value is -4.79. The van der Waals surface area contributed by atoms with Crippen molar-refractivity contribution in [1.29, 1.82) is 0 Å². The third-order valence-corrected chi connectivity index (χ3v) is 5.98. The first kappa shape index (κ1) is 25.3. The summed E-state index contributed by atoms with van der Waals surface area (Å²) in [6.45, 7) is 6.01. The summed E-state index contributed by atoms with van der Waals surface area (Å²) in [5, 5.41) is 14.2. The zero-order valence-corrected chi connectivity index (χ0v) is 20.6. The first-order valence-electron chi connectivity index (χ1n) is 12.0. The highest BCUT2D eigenvalue weighted by atomic mass is 16.2. The van der Waals surface area contributed by atoms with Crippen molar-refractivity contribution in [3.05, 3.63) is 106 Å². The van der Waals surface area contributed by atoms with Crippen molar-refractivity contribution in [3.8, 4) is 0 Å². The van der Waals surface area contributed by atoms with Gasteiger partial charge in [0, 0.05) is 29.7 Å². The number of nitrogens with one attached hydrogen (secondary N) is 3. The fourth-order valence-corrected chi connectivity index (χ4v) is 4.01. The summed E-state index contributed by atoms with van der Waals surface area (Å²) in [4.78, 5) is 40.7. The van der Waals surface area contributed by atoms with Gasteiger partial charge in [-0.1, -0.05) is 48.5 Å². The van der Waals surface area contributed by atoms with Gasteiger partial charge in [0.2, 0.25) is 0 Å². The highest BCUT2D eigenvalue weighted by Gasteiger charge is 2.27. The predicted molar refractivity (Wildman–Crippen MR) is 145 cm³/mol. The van der Waals surface area contributed by atoms with Gasteiger partial charge in [-0.15, -0.1) is 0 Å². The number of anilines is 1. The first-order chi connectivity index (χ1) is 18.0. The van der Waals surface area contributed by atoms with E-state index in [1.165, 1.54) is 6.21 Å². The molecule has 2 amide bonds. The second kappa shape index (κ2) is 11.8. The standard InChI is InChI=1S/C28H28N6O3/c1-3-34(4-2)21-16-14-19(15-17-21)18-29-32-28(37)25(30-26(35)20-10-6-5-7-11-20)24-22-12-8-9-13-23(22)27(36)33-31-24/h5-18,25H,3-4H2,1-2H3,(H,30,35)(H,32,37)(H,33,36)/b29-18-/t25-/m1/s1. The zero-order valence-electron chi connectivity index (χ0n) is 20.6. The lowest BCUT2D eigenvalue weighted by molar-refractivity contribution is -0.123. The van der Waals surface area contributed by atoms with Crippen molar-refractivity contribution in [2.75, 3.05) is 18.0 Å². The number of carbonyl (C=O) groups is 2. The molecular formula is C28H28N6O3. The van der Waals surface area contributed by atoms with Gasteiger partial charge in [-0.2, -0.15) is 10.2 Å².